The second kappa shape index (κ2) is 7.66. The topological polar surface area (TPSA) is 55.6 Å². The van der Waals surface area contributed by atoms with Gasteiger partial charge in [-0.1, -0.05) is 30.3 Å². The van der Waals surface area contributed by atoms with Crippen LogP contribution in [-0.4, -0.2) is 36.0 Å². The number of carbonyl (C=O) groups is 1. The first-order valence-corrected chi connectivity index (χ1v) is 9.15. The van der Waals surface area contributed by atoms with Crippen LogP contribution in [0.1, 0.15) is 39.9 Å². The molecule has 1 saturated heterocycles. The molecule has 1 atom stereocenters. The van der Waals surface area contributed by atoms with E-state index in [9.17, 15) is 4.79 Å². The summed E-state index contributed by atoms with van der Waals surface area (Å²) in [7, 11) is 1.66. The van der Waals surface area contributed by atoms with Crippen LogP contribution >= 0.6 is 0 Å². The summed E-state index contributed by atoms with van der Waals surface area (Å²) in [6, 6.07) is 17.3. The van der Waals surface area contributed by atoms with E-state index in [2.05, 4.69) is 4.98 Å². The number of hydrogen-bond acceptors (Lipinski definition) is 4. The van der Waals surface area contributed by atoms with E-state index in [1.165, 1.54) is 0 Å². The SMILES string of the molecule is COc1cccc(Cc2cnc([C@H]3CCN(C(=O)c4ccccc4)C3)o2)c1. The van der Waals surface area contributed by atoms with E-state index in [0.29, 0.717) is 13.0 Å². The fraction of sp³-hybridized carbons (Fsp3) is 0.273. The third-order valence-electron chi connectivity index (χ3n) is 4.93. The van der Waals surface area contributed by atoms with Gasteiger partial charge >= 0.3 is 0 Å². The van der Waals surface area contributed by atoms with Crippen molar-refractivity contribution in [2.45, 2.75) is 18.8 Å². The molecular weight excluding hydrogens is 340 g/mol. The lowest BCUT2D eigenvalue weighted by molar-refractivity contribution is 0.0790. The molecule has 138 valence electrons. The molecule has 1 aromatic heterocycles. The highest BCUT2D eigenvalue weighted by molar-refractivity contribution is 5.94. The molecule has 0 spiro atoms. The van der Waals surface area contributed by atoms with E-state index in [0.717, 1.165) is 41.5 Å². The molecule has 2 aromatic carbocycles. The van der Waals surface area contributed by atoms with Gasteiger partial charge in [0.2, 0.25) is 0 Å². The average molecular weight is 362 g/mol. The Labute approximate surface area is 158 Å². The van der Waals surface area contributed by atoms with Gasteiger partial charge in [0, 0.05) is 25.1 Å². The fourth-order valence-corrected chi connectivity index (χ4v) is 3.49. The van der Waals surface area contributed by atoms with Gasteiger partial charge in [0.15, 0.2) is 5.89 Å². The summed E-state index contributed by atoms with van der Waals surface area (Å²) in [4.78, 5) is 18.9. The molecular formula is C22H22N2O3. The number of benzene rings is 2. The lowest BCUT2D eigenvalue weighted by atomic mass is 10.1. The monoisotopic (exact) mass is 362 g/mol. The minimum Gasteiger partial charge on any atom is -0.497 e. The van der Waals surface area contributed by atoms with Crippen molar-refractivity contribution < 1.29 is 13.9 Å². The van der Waals surface area contributed by atoms with E-state index >= 15 is 0 Å². The Balaban J connectivity index is 1.41. The number of oxazole rings is 1. The maximum absolute atomic E-state index is 12.6. The number of hydrogen-bond donors (Lipinski definition) is 0. The van der Waals surface area contributed by atoms with Crippen LogP contribution in [0.5, 0.6) is 5.75 Å². The van der Waals surface area contributed by atoms with E-state index < -0.39 is 0 Å². The number of amides is 1. The zero-order chi connectivity index (χ0) is 18.6. The largest absolute Gasteiger partial charge is 0.497 e. The standard InChI is InChI=1S/C22H22N2O3/c1-26-19-9-5-6-16(12-19)13-20-14-23-21(27-20)18-10-11-24(15-18)22(25)17-7-3-2-4-8-17/h2-9,12,14,18H,10-11,13,15H2,1H3/t18-/m0/s1. The Bertz CT molecular complexity index is 920. The van der Waals surface area contributed by atoms with Crippen LogP contribution < -0.4 is 4.74 Å². The second-order valence-electron chi connectivity index (χ2n) is 6.80. The van der Waals surface area contributed by atoms with Crippen LogP contribution in [0.25, 0.3) is 0 Å². The summed E-state index contributed by atoms with van der Waals surface area (Å²) in [6.07, 6.45) is 3.33. The highest BCUT2D eigenvalue weighted by atomic mass is 16.5. The maximum atomic E-state index is 12.6. The number of rotatable bonds is 5. The van der Waals surface area contributed by atoms with Gasteiger partial charge in [0.1, 0.15) is 11.5 Å². The average Bonchev–Trinajstić information content (AvgIpc) is 3.38. The molecule has 1 fully saturated rings. The molecule has 27 heavy (non-hydrogen) atoms. The molecule has 3 aromatic rings. The van der Waals surface area contributed by atoms with E-state index in [-0.39, 0.29) is 11.8 Å². The molecule has 4 rings (SSSR count). The molecule has 1 aliphatic rings. The number of ether oxygens (including phenoxy) is 1. The Kier molecular flexibility index (Phi) is 4.92. The molecule has 0 saturated carbocycles. The number of aromatic nitrogens is 1. The van der Waals surface area contributed by atoms with Crippen molar-refractivity contribution >= 4 is 5.91 Å². The summed E-state index contributed by atoms with van der Waals surface area (Å²) in [6.45, 7) is 1.37. The van der Waals surface area contributed by atoms with Crippen LogP contribution in [0.3, 0.4) is 0 Å². The first-order valence-electron chi connectivity index (χ1n) is 9.15. The van der Waals surface area contributed by atoms with Gasteiger partial charge in [-0.3, -0.25) is 4.79 Å². The fourth-order valence-electron chi connectivity index (χ4n) is 3.49. The summed E-state index contributed by atoms with van der Waals surface area (Å²) < 4.78 is 11.3. The third-order valence-corrected chi connectivity index (χ3v) is 4.93. The molecule has 0 N–H and O–H groups in total. The van der Waals surface area contributed by atoms with Crippen molar-refractivity contribution in [3.63, 3.8) is 0 Å². The number of methoxy groups -OCH3 is 1. The Morgan fingerprint density at radius 3 is 2.89 bits per heavy atom. The summed E-state index contributed by atoms with van der Waals surface area (Å²) >= 11 is 0. The van der Waals surface area contributed by atoms with Crippen LogP contribution in [0.4, 0.5) is 0 Å². The molecule has 5 nitrogen and oxygen atoms in total. The molecule has 5 heteroatoms. The number of likely N-dealkylation sites (tertiary alicyclic amines) is 1. The Morgan fingerprint density at radius 2 is 2.07 bits per heavy atom. The van der Waals surface area contributed by atoms with Crippen molar-refractivity contribution in [1.82, 2.24) is 9.88 Å². The third kappa shape index (κ3) is 3.87. The minimum absolute atomic E-state index is 0.0706. The molecule has 1 amide bonds. The van der Waals surface area contributed by atoms with Gasteiger partial charge in [-0.25, -0.2) is 4.98 Å². The molecule has 0 bridgehead atoms. The van der Waals surface area contributed by atoms with Crippen LogP contribution in [0, 0.1) is 0 Å². The van der Waals surface area contributed by atoms with Gasteiger partial charge in [-0.05, 0) is 36.2 Å². The number of nitrogens with zero attached hydrogens (tertiary/aromatic N) is 2. The van der Waals surface area contributed by atoms with Gasteiger partial charge in [0.05, 0.1) is 19.2 Å². The lowest BCUT2D eigenvalue weighted by Crippen LogP contribution is -2.28. The first kappa shape index (κ1) is 17.3. The van der Waals surface area contributed by atoms with Crippen molar-refractivity contribution in [3.05, 3.63) is 83.6 Å². The van der Waals surface area contributed by atoms with E-state index in [1.54, 1.807) is 13.3 Å². The normalized spacial score (nSPS) is 16.5. The Morgan fingerprint density at radius 1 is 1.22 bits per heavy atom. The first-order chi connectivity index (χ1) is 13.2. The smallest absolute Gasteiger partial charge is 0.253 e. The van der Waals surface area contributed by atoms with Crippen molar-refractivity contribution in [2.24, 2.45) is 0 Å². The van der Waals surface area contributed by atoms with Crippen LogP contribution in [0.2, 0.25) is 0 Å². The highest BCUT2D eigenvalue weighted by Crippen LogP contribution is 2.28. The predicted octanol–water partition coefficient (Wildman–Crippen LogP) is 3.90. The maximum Gasteiger partial charge on any atom is 0.253 e. The van der Waals surface area contributed by atoms with Crippen molar-refractivity contribution in [2.75, 3.05) is 20.2 Å². The number of carbonyl (C=O) groups excluding carboxylic acids is 1. The van der Waals surface area contributed by atoms with Gasteiger partial charge < -0.3 is 14.1 Å². The lowest BCUT2D eigenvalue weighted by Gasteiger charge is -2.15. The molecule has 2 heterocycles. The van der Waals surface area contributed by atoms with Crippen LogP contribution in [-0.2, 0) is 6.42 Å². The molecule has 1 aliphatic heterocycles. The molecule has 0 unspecified atom stereocenters. The predicted molar refractivity (Wildman–Crippen MR) is 102 cm³/mol. The highest BCUT2D eigenvalue weighted by Gasteiger charge is 2.30. The zero-order valence-electron chi connectivity index (χ0n) is 15.3. The van der Waals surface area contributed by atoms with Gasteiger partial charge in [0.25, 0.3) is 5.91 Å². The van der Waals surface area contributed by atoms with Gasteiger partial charge in [-0.15, -0.1) is 0 Å². The minimum atomic E-state index is 0.0706. The summed E-state index contributed by atoms with van der Waals surface area (Å²) in [5.74, 6) is 2.60. The van der Waals surface area contributed by atoms with E-state index in [1.807, 2.05) is 59.5 Å². The van der Waals surface area contributed by atoms with Crippen molar-refractivity contribution in [1.29, 1.82) is 0 Å². The van der Waals surface area contributed by atoms with E-state index in [4.69, 9.17) is 9.15 Å². The molecule has 0 radical (unpaired) electrons. The summed E-state index contributed by atoms with van der Waals surface area (Å²) in [5, 5.41) is 0. The zero-order valence-corrected chi connectivity index (χ0v) is 15.3. The summed E-state index contributed by atoms with van der Waals surface area (Å²) in [5.41, 5.74) is 1.84. The Hall–Kier alpha value is -3.08. The second-order valence-corrected chi connectivity index (χ2v) is 6.80. The quantitative estimate of drug-likeness (QED) is 0.691. The van der Waals surface area contributed by atoms with Crippen LogP contribution in [0.15, 0.2) is 65.2 Å². The molecule has 0 aliphatic carbocycles. The van der Waals surface area contributed by atoms with Gasteiger partial charge in [-0.2, -0.15) is 0 Å². The van der Waals surface area contributed by atoms with Crippen molar-refractivity contribution in [3.8, 4) is 5.75 Å².